The summed E-state index contributed by atoms with van der Waals surface area (Å²) in [5.41, 5.74) is -0.718. The number of nitrogens with one attached hydrogen (secondary N) is 1. The van der Waals surface area contributed by atoms with Gasteiger partial charge in [0, 0.05) is 0 Å². The summed E-state index contributed by atoms with van der Waals surface area (Å²) in [4.78, 5) is 21.0. The minimum atomic E-state index is -0.718. The third-order valence-electron chi connectivity index (χ3n) is 3.61. The highest BCUT2D eigenvalue weighted by Gasteiger charge is 2.35. The molecule has 1 aliphatic rings. The fourth-order valence-electron chi connectivity index (χ4n) is 2.56. The van der Waals surface area contributed by atoms with Crippen molar-refractivity contribution in [3.63, 3.8) is 0 Å². The Labute approximate surface area is 125 Å². The van der Waals surface area contributed by atoms with E-state index in [4.69, 9.17) is 4.74 Å². The summed E-state index contributed by atoms with van der Waals surface area (Å²) in [6, 6.07) is 4.08. The van der Waals surface area contributed by atoms with E-state index in [-0.39, 0.29) is 12.5 Å². The first kappa shape index (κ1) is 13.8. The van der Waals surface area contributed by atoms with Crippen LogP contribution in [-0.4, -0.2) is 28.0 Å². The van der Waals surface area contributed by atoms with Crippen LogP contribution in [0.1, 0.15) is 25.7 Å². The maximum absolute atomic E-state index is 12.0. The predicted octanol–water partition coefficient (Wildman–Crippen LogP) is 2.02. The number of carbonyl (C=O) groups is 1. The fourth-order valence-corrected chi connectivity index (χ4v) is 3.29. The summed E-state index contributed by atoms with van der Waals surface area (Å²) in [5, 5.41) is 14.7. The van der Waals surface area contributed by atoms with Crippen molar-refractivity contribution in [3.8, 4) is 11.9 Å². The van der Waals surface area contributed by atoms with E-state index < -0.39 is 5.54 Å². The molecule has 1 aliphatic carbocycles. The van der Waals surface area contributed by atoms with Crippen molar-refractivity contribution < 1.29 is 9.53 Å². The van der Waals surface area contributed by atoms with Crippen LogP contribution < -0.4 is 10.1 Å². The zero-order valence-corrected chi connectivity index (χ0v) is 12.2. The van der Waals surface area contributed by atoms with Gasteiger partial charge in [0.05, 0.1) is 11.5 Å². The molecule has 1 saturated carbocycles. The highest BCUT2D eigenvalue weighted by Crippen LogP contribution is 2.29. The Kier molecular flexibility index (Phi) is 3.71. The lowest BCUT2D eigenvalue weighted by atomic mass is 10.00. The summed E-state index contributed by atoms with van der Waals surface area (Å²) in [6.07, 6.45) is 4.77. The van der Waals surface area contributed by atoms with Gasteiger partial charge in [0.2, 0.25) is 5.88 Å². The maximum Gasteiger partial charge on any atom is 0.259 e. The monoisotopic (exact) mass is 302 g/mol. The molecule has 0 atom stereocenters. The standard InChI is InChI=1S/C14H14N4O2S/c15-8-14(4-1-2-5-14)18-11(19)7-20-12-10-3-6-21-13(10)17-9-16-12/h3,6,9H,1-2,4-5,7H2,(H,18,19). The predicted molar refractivity (Wildman–Crippen MR) is 77.9 cm³/mol. The van der Waals surface area contributed by atoms with Gasteiger partial charge in [-0.25, -0.2) is 9.97 Å². The van der Waals surface area contributed by atoms with Gasteiger partial charge in [-0.1, -0.05) is 0 Å². The Morgan fingerprint density at radius 1 is 1.48 bits per heavy atom. The quantitative estimate of drug-likeness (QED) is 0.933. The van der Waals surface area contributed by atoms with Gasteiger partial charge < -0.3 is 10.1 Å². The van der Waals surface area contributed by atoms with Gasteiger partial charge in [0.1, 0.15) is 16.7 Å². The van der Waals surface area contributed by atoms with Crippen molar-refractivity contribution in [1.82, 2.24) is 15.3 Å². The van der Waals surface area contributed by atoms with E-state index >= 15 is 0 Å². The largest absolute Gasteiger partial charge is 0.467 e. The molecule has 1 N–H and O–H groups in total. The third kappa shape index (κ3) is 2.81. The maximum atomic E-state index is 12.0. The van der Waals surface area contributed by atoms with Gasteiger partial charge in [-0.05, 0) is 37.1 Å². The molecule has 21 heavy (non-hydrogen) atoms. The average molecular weight is 302 g/mol. The molecule has 2 heterocycles. The first-order valence-corrected chi connectivity index (χ1v) is 7.64. The second-order valence-electron chi connectivity index (χ2n) is 5.06. The van der Waals surface area contributed by atoms with Gasteiger partial charge in [-0.3, -0.25) is 4.79 Å². The number of thiophene rings is 1. The molecule has 0 unspecified atom stereocenters. The molecule has 7 heteroatoms. The van der Waals surface area contributed by atoms with Gasteiger partial charge in [0.15, 0.2) is 6.61 Å². The Bertz CT molecular complexity index is 700. The summed E-state index contributed by atoms with van der Waals surface area (Å²) in [6.45, 7) is -0.147. The van der Waals surface area contributed by atoms with Crippen molar-refractivity contribution in [2.75, 3.05) is 6.61 Å². The minimum Gasteiger partial charge on any atom is -0.467 e. The molecule has 6 nitrogen and oxygen atoms in total. The Morgan fingerprint density at radius 3 is 3.05 bits per heavy atom. The molecule has 0 saturated heterocycles. The molecule has 0 bridgehead atoms. The van der Waals surface area contributed by atoms with E-state index in [1.165, 1.54) is 17.7 Å². The van der Waals surface area contributed by atoms with Gasteiger partial charge in [0.25, 0.3) is 5.91 Å². The van der Waals surface area contributed by atoms with Crippen LogP contribution in [0, 0.1) is 11.3 Å². The molecule has 0 spiro atoms. The molecule has 3 rings (SSSR count). The lowest BCUT2D eigenvalue weighted by Crippen LogP contribution is -2.47. The number of aromatic nitrogens is 2. The summed E-state index contributed by atoms with van der Waals surface area (Å²) < 4.78 is 5.47. The second-order valence-corrected chi connectivity index (χ2v) is 5.95. The summed E-state index contributed by atoms with van der Waals surface area (Å²) >= 11 is 1.49. The number of ether oxygens (including phenoxy) is 1. The third-order valence-corrected chi connectivity index (χ3v) is 4.44. The normalized spacial score (nSPS) is 16.5. The molecular weight excluding hydrogens is 288 g/mol. The lowest BCUT2D eigenvalue weighted by molar-refractivity contribution is -0.124. The number of fused-ring (bicyclic) bond motifs is 1. The van der Waals surface area contributed by atoms with Crippen LogP contribution in [0.25, 0.3) is 10.2 Å². The zero-order chi connectivity index (χ0) is 14.7. The number of hydrogen-bond acceptors (Lipinski definition) is 6. The first-order valence-electron chi connectivity index (χ1n) is 6.76. The SMILES string of the molecule is N#CC1(NC(=O)COc2ncnc3sccc23)CCCC1. The Hall–Kier alpha value is -2.20. The van der Waals surface area contributed by atoms with Crippen LogP contribution in [0.3, 0.4) is 0 Å². The topological polar surface area (TPSA) is 87.9 Å². The molecule has 1 fully saturated rings. The highest BCUT2D eigenvalue weighted by atomic mass is 32.1. The van der Waals surface area contributed by atoms with E-state index in [9.17, 15) is 10.1 Å². The van der Waals surface area contributed by atoms with Crippen LogP contribution in [-0.2, 0) is 4.79 Å². The van der Waals surface area contributed by atoms with E-state index in [0.29, 0.717) is 18.7 Å². The van der Waals surface area contributed by atoms with Crippen LogP contribution >= 0.6 is 11.3 Å². The van der Waals surface area contributed by atoms with Crippen LogP contribution in [0.15, 0.2) is 17.8 Å². The number of rotatable bonds is 4. The Morgan fingerprint density at radius 2 is 2.29 bits per heavy atom. The second kappa shape index (κ2) is 5.66. The van der Waals surface area contributed by atoms with E-state index in [1.54, 1.807) is 0 Å². The fraction of sp³-hybridized carbons (Fsp3) is 0.429. The molecule has 2 aromatic heterocycles. The minimum absolute atomic E-state index is 0.147. The highest BCUT2D eigenvalue weighted by molar-refractivity contribution is 7.16. The Balaban J connectivity index is 1.64. The van der Waals surface area contributed by atoms with Crippen LogP contribution in [0.4, 0.5) is 0 Å². The lowest BCUT2D eigenvalue weighted by Gasteiger charge is -2.21. The van der Waals surface area contributed by atoms with Gasteiger partial charge in [-0.15, -0.1) is 11.3 Å². The molecule has 2 aromatic rings. The number of hydrogen-bond donors (Lipinski definition) is 1. The van der Waals surface area contributed by atoms with Crippen molar-refractivity contribution in [1.29, 1.82) is 5.26 Å². The van der Waals surface area contributed by atoms with Crippen LogP contribution in [0.5, 0.6) is 5.88 Å². The molecule has 1 amide bonds. The first-order chi connectivity index (χ1) is 10.2. The van der Waals surface area contributed by atoms with Crippen molar-refractivity contribution in [2.24, 2.45) is 0 Å². The summed E-state index contributed by atoms with van der Waals surface area (Å²) in [5.74, 6) is 0.106. The van der Waals surface area contributed by atoms with Gasteiger partial charge in [-0.2, -0.15) is 5.26 Å². The molecule has 0 aromatic carbocycles. The van der Waals surface area contributed by atoms with Crippen molar-refractivity contribution in [2.45, 2.75) is 31.2 Å². The number of amides is 1. The van der Waals surface area contributed by atoms with Crippen molar-refractivity contribution in [3.05, 3.63) is 17.8 Å². The zero-order valence-electron chi connectivity index (χ0n) is 11.3. The van der Waals surface area contributed by atoms with Crippen molar-refractivity contribution >= 4 is 27.5 Å². The van der Waals surface area contributed by atoms with E-state index in [2.05, 4.69) is 21.4 Å². The smallest absolute Gasteiger partial charge is 0.259 e. The molecule has 0 radical (unpaired) electrons. The average Bonchev–Trinajstić information content (AvgIpc) is 3.14. The molecule has 108 valence electrons. The van der Waals surface area contributed by atoms with Crippen LogP contribution in [0.2, 0.25) is 0 Å². The van der Waals surface area contributed by atoms with E-state index in [1.807, 2.05) is 11.4 Å². The van der Waals surface area contributed by atoms with Gasteiger partial charge >= 0.3 is 0 Å². The summed E-state index contributed by atoms with van der Waals surface area (Å²) in [7, 11) is 0. The number of nitriles is 1. The molecule has 0 aliphatic heterocycles. The number of nitrogens with zero attached hydrogens (tertiary/aromatic N) is 3. The molecular formula is C14H14N4O2S. The number of carbonyl (C=O) groups excluding carboxylic acids is 1. The van der Waals surface area contributed by atoms with E-state index in [0.717, 1.165) is 23.1 Å².